The summed E-state index contributed by atoms with van der Waals surface area (Å²) in [4.78, 5) is 13.6. The van der Waals surface area contributed by atoms with E-state index in [1.54, 1.807) is 7.05 Å². The summed E-state index contributed by atoms with van der Waals surface area (Å²) in [7, 11) is -2.32. The van der Waals surface area contributed by atoms with Gasteiger partial charge in [0.1, 0.15) is 13.2 Å². The van der Waals surface area contributed by atoms with Crippen molar-refractivity contribution in [3.63, 3.8) is 0 Å². The highest BCUT2D eigenvalue weighted by Gasteiger charge is 2.26. The van der Waals surface area contributed by atoms with Crippen LogP contribution in [0.4, 0.5) is 0 Å². The smallest absolute Gasteiger partial charge is 0.257 e. The molecule has 0 saturated carbocycles. The van der Waals surface area contributed by atoms with Crippen LogP contribution in [0.25, 0.3) is 0 Å². The number of primary sulfonamides is 1. The molecule has 8 heteroatoms. The molecular formula is C12H16N2O5S. The van der Waals surface area contributed by atoms with Crippen molar-refractivity contribution < 1.29 is 22.7 Å². The van der Waals surface area contributed by atoms with Crippen LogP contribution in [0.1, 0.15) is 17.3 Å². The Morgan fingerprint density at radius 1 is 1.35 bits per heavy atom. The quantitative estimate of drug-likeness (QED) is 0.859. The first-order valence-electron chi connectivity index (χ1n) is 6.06. The molecule has 0 saturated heterocycles. The Morgan fingerprint density at radius 2 is 2.00 bits per heavy atom. The van der Waals surface area contributed by atoms with E-state index in [1.165, 1.54) is 17.0 Å². The first-order valence-corrected chi connectivity index (χ1v) is 7.61. The molecule has 2 rings (SSSR count). The summed E-state index contributed by atoms with van der Waals surface area (Å²) in [6.07, 6.45) is 0. The van der Waals surface area contributed by atoms with Crippen molar-refractivity contribution in [2.75, 3.05) is 26.8 Å². The summed E-state index contributed by atoms with van der Waals surface area (Å²) in [5.41, 5.74) is 0.135. The molecule has 0 radical (unpaired) electrons. The molecule has 1 amide bonds. The van der Waals surface area contributed by atoms with Gasteiger partial charge in [-0.2, -0.15) is 0 Å². The van der Waals surface area contributed by atoms with Crippen LogP contribution in [0.15, 0.2) is 17.0 Å². The van der Waals surface area contributed by atoms with E-state index in [1.807, 2.05) is 6.92 Å². The minimum Gasteiger partial charge on any atom is -0.486 e. The fraction of sp³-hybridized carbons (Fsp3) is 0.417. The first-order chi connectivity index (χ1) is 9.34. The van der Waals surface area contributed by atoms with Crippen molar-refractivity contribution in [2.24, 2.45) is 5.14 Å². The Kier molecular flexibility index (Phi) is 3.87. The molecule has 1 aliphatic heterocycles. The molecule has 1 aromatic rings. The van der Waals surface area contributed by atoms with E-state index in [9.17, 15) is 13.2 Å². The average molecular weight is 300 g/mol. The number of hydrogen-bond acceptors (Lipinski definition) is 5. The van der Waals surface area contributed by atoms with Crippen LogP contribution < -0.4 is 14.6 Å². The molecule has 7 nitrogen and oxygen atoms in total. The summed E-state index contributed by atoms with van der Waals surface area (Å²) in [6, 6.07) is 2.49. The maximum atomic E-state index is 12.3. The molecule has 0 bridgehead atoms. The van der Waals surface area contributed by atoms with Crippen molar-refractivity contribution in [3.05, 3.63) is 17.7 Å². The Labute approximate surface area is 117 Å². The summed E-state index contributed by atoms with van der Waals surface area (Å²) in [5.74, 6) is 0.129. The van der Waals surface area contributed by atoms with E-state index >= 15 is 0 Å². The van der Waals surface area contributed by atoms with E-state index in [-0.39, 0.29) is 34.5 Å². The molecule has 0 atom stereocenters. The molecule has 0 aliphatic carbocycles. The van der Waals surface area contributed by atoms with Crippen molar-refractivity contribution in [3.8, 4) is 11.5 Å². The Bertz CT molecular complexity index is 641. The highest BCUT2D eigenvalue weighted by atomic mass is 32.2. The van der Waals surface area contributed by atoms with Crippen molar-refractivity contribution in [1.29, 1.82) is 0 Å². The number of carbonyl (C=O) groups excluding carboxylic acids is 1. The minimum atomic E-state index is -3.93. The third-order valence-electron chi connectivity index (χ3n) is 3.00. The zero-order valence-electron chi connectivity index (χ0n) is 11.3. The number of sulfonamides is 1. The predicted molar refractivity (Wildman–Crippen MR) is 71.4 cm³/mol. The van der Waals surface area contributed by atoms with Gasteiger partial charge in [-0.05, 0) is 13.0 Å². The normalized spacial score (nSPS) is 13.9. The zero-order valence-corrected chi connectivity index (χ0v) is 12.1. The van der Waals surface area contributed by atoms with Gasteiger partial charge in [-0.15, -0.1) is 0 Å². The van der Waals surface area contributed by atoms with E-state index in [4.69, 9.17) is 14.6 Å². The summed E-state index contributed by atoms with van der Waals surface area (Å²) < 4.78 is 33.8. The maximum Gasteiger partial charge on any atom is 0.257 e. The topological polar surface area (TPSA) is 98.9 Å². The van der Waals surface area contributed by atoms with Gasteiger partial charge >= 0.3 is 0 Å². The second-order valence-corrected chi connectivity index (χ2v) is 5.92. The van der Waals surface area contributed by atoms with Gasteiger partial charge in [0.15, 0.2) is 11.5 Å². The highest BCUT2D eigenvalue weighted by Crippen LogP contribution is 2.36. The number of rotatable bonds is 3. The number of carbonyl (C=O) groups is 1. The van der Waals surface area contributed by atoms with Crippen LogP contribution in [0.3, 0.4) is 0 Å². The van der Waals surface area contributed by atoms with Crippen LogP contribution in [0.5, 0.6) is 11.5 Å². The van der Waals surface area contributed by atoms with Gasteiger partial charge in [0.2, 0.25) is 10.0 Å². The SMILES string of the molecule is CCN(C)C(=O)c1cc(S(N)(=O)=O)cc2c1OCCO2. The number of ether oxygens (including phenoxy) is 2. The van der Waals surface area contributed by atoms with Crippen LogP contribution in [-0.4, -0.2) is 46.0 Å². The molecule has 0 spiro atoms. The monoisotopic (exact) mass is 300 g/mol. The van der Waals surface area contributed by atoms with Crippen molar-refractivity contribution in [2.45, 2.75) is 11.8 Å². The maximum absolute atomic E-state index is 12.3. The van der Waals surface area contributed by atoms with Gasteiger partial charge in [0.05, 0.1) is 10.5 Å². The number of fused-ring (bicyclic) bond motifs is 1. The first kappa shape index (κ1) is 14.6. The van der Waals surface area contributed by atoms with Crippen molar-refractivity contribution >= 4 is 15.9 Å². The van der Waals surface area contributed by atoms with E-state index in [0.29, 0.717) is 13.2 Å². The summed E-state index contributed by atoms with van der Waals surface area (Å²) >= 11 is 0. The molecule has 20 heavy (non-hydrogen) atoms. The second-order valence-electron chi connectivity index (χ2n) is 4.36. The van der Waals surface area contributed by atoms with Gasteiger partial charge in [0.25, 0.3) is 5.91 Å². The predicted octanol–water partition coefficient (Wildman–Crippen LogP) is 0.197. The van der Waals surface area contributed by atoms with E-state index < -0.39 is 10.0 Å². The van der Waals surface area contributed by atoms with Gasteiger partial charge in [0, 0.05) is 19.7 Å². The molecule has 1 aromatic carbocycles. The average Bonchev–Trinajstić information content (AvgIpc) is 2.43. The number of nitrogens with zero attached hydrogens (tertiary/aromatic N) is 1. The largest absolute Gasteiger partial charge is 0.486 e. The highest BCUT2D eigenvalue weighted by molar-refractivity contribution is 7.89. The third kappa shape index (κ3) is 2.70. The number of amides is 1. The molecule has 2 N–H and O–H groups in total. The fourth-order valence-corrected chi connectivity index (χ4v) is 2.35. The summed E-state index contributed by atoms with van der Waals surface area (Å²) in [5, 5.41) is 5.12. The Hall–Kier alpha value is -1.80. The fourth-order valence-electron chi connectivity index (χ4n) is 1.80. The molecule has 1 heterocycles. The van der Waals surface area contributed by atoms with Crippen LogP contribution in [-0.2, 0) is 10.0 Å². The lowest BCUT2D eigenvalue weighted by molar-refractivity contribution is 0.0791. The lowest BCUT2D eigenvalue weighted by atomic mass is 10.1. The second kappa shape index (κ2) is 5.29. The van der Waals surface area contributed by atoms with Crippen LogP contribution >= 0.6 is 0 Å². The molecule has 0 aromatic heterocycles. The number of nitrogens with two attached hydrogens (primary N) is 1. The van der Waals surface area contributed by atoms with Crippen LogP contribution in [0.2, 0.25) is 0 Å². The van der Waals surface area contributed by atoms with Gasteiger partial charge in [-0.3, -0.25) is 4.79 Å². The molecule has 0 fully saturated rings. The minimum absolute atomic E-state index is 0.135. The Balaban J connectivity index is 2.62. The van der Waals surface area contributed by atoms with Crippen LogP contribution in [0, 0.1) is 0 Å². The van der Waals surface area contributed by atoms with Gasteiger partial charge < -0.3 is 14.4 Å². The zero-order chi connectivity index (χ0) is 14.9. The molecule has 110 valence electrons. The number of benzene rings is 1. The summed E-state index contributed by atoms with van der Waals surface area (Å²) in [6.45, 7) is 2.88. The molecular weight excluding hydrogens is 284 g/mol. The Morgan fingerprint density at radius 3 is 2.60 bits per heavy atom. The molecule has 1 aliphatic rings. The van der Waals surface area contributed by atoms with E-state index in [2.05, 4.69) is 0 Å². The lowest BCUT2D eigenvalue weighted by Gasteiger charge is -2.23. The third-order valence-corrected chi connectivity index (χ3v) is 3.89. The molecule has 0 unspecified atom stereocenters. The van der Waals surface area contributed by atoms with Gasteiger partial charge in [-0.25, -0.2) is 13.6 Å². The van der Waals surface area contributed by atoms with E-state index in [0.717, 1.165) is 0 Å². The van der Waals surface area contributed by atoms with Gasteiger partial charge in [-0.1, -0.05) is 0 Å². The lowest BCUT2D eigenvalue weighted by Crippen LogP contribution is -2.28. The van der Waals surface area contributed by atoms with Crippen molar-refractivity contribution in [1.82, 2.24) is 4.90 Å². The number of hydrogen-bond donors (Lipinski definition) is 1. The standard InChI is InChI=1S/C12H16N2O5S/c1-3-14(2)12(15)9-6-8(20(13,16)17)7-10-11(9)19-5-4-18-10/h6-7H,3-5H2,1-2H3,(H2,13,16,17).